The summed E-state index contributed by atoms with van der Waals surface area (Å²) in [7, 11) is 2.11. The molecule has 3 rings (SSSR count). The molecule has 0 fully saturated rings. The van der Waals surface area contributed by atoms with E-state index in [0.29, 0.717) is 0 Å². The molecule has 17 heavy (non-hydrogen) atoms. The van der Waals surface area contributed by atoms with Crippen molar-refractivity contribution in [1.82, 2.24) is 14.7 Å². The van der Waals surface area contributed by atoms with E-state index in [9.17, 15) is 5.11 Å². The summed E-state index contributed by atoms with van der Waals surface area (Å²) in [6, 6.07) is 7.32. The minimum Gasteiger partial charge on any atom is -0.506 e. The number of nitrogens with zero attached hydrogens (tertiary/aromatic N) is 3. The Bertz CT molecular complexity index is 547. The average molecular weight is 229 g/mol. The molecular weight excluding hydrogens is 214 g/mol. The van der Waals surface area contributed by atoms with E-state index in [2.05, 4.69) is 17.0 Å². The third-order valence-corrected chi connectivity index (χ3v) is 3.24. The Morgan fingerprint density at radius 1 is 1.29 bits per heavy atom. The Hall–Kier alpha value is -1.81. The van der Waals surface area contributed by atoms with Gasteiger partial charge in [-0.05, 0) is 19.2 Å². The summed E-state index contributed by atoms with van der Waals surface area (Å²) in [5.74, 6) is 0.275. The number of rotatable bonds is 1. The van der Waals surface area contributed by atoms with Crippen molar-refractivity contribution >= 4 is 0 Å². The fraction of sp³-hybridized carbons (Fsp3) is 0.308. The monoisotopic (exact) mass is 229 g/mol. The van der Waals surface area contributed by atoms with E-state index in [-0.39, 0.29) is 5.75 Å². The molecule has 0 unspecified atom stereocenters. The number of phenols is 1. The van der Waals surface area contributed by atoms with Gasteiger partial charge in [0.25, 0.3) is 0 Å². The van der Waals surface area contributed by atoms with E-state index in [1.165, 1.54) is 11.3 Å². The Morgan fingerprint density at radius 2 is 2.12 bits per heavy atom. The molecule has 0 amide bonds. The van der Waals surface area contributed by atoms with Crippen LogP contribution in [0.5, 0.6) is 5.75 Å². The molecule has 1 aliphatic rings. The predicted molar refractivity (Wildman–Crippen MR) is 65.3 cm³/mol. The summed E-state index contributed by atoms with van der Waals surface area (Å²) in [5, 5.41) is 14.3. The lowest BCUT2D eigenvalue weighted by molar-refractivity contribution is 0.310. The van der Waals surface area contributed by atoms with Crippen LogP contribution in [0.25, 0.3) is 5.69 Å². The van der Waals surface area contributed by atoms with Gasteiger partial charge in [-0.1, -0.05) is 12.1 Å². The number of hydrogen-bond donors (Lipinski definition) is 1. The third-order valence-electron chi connectivity index (χ3n) is 3.24. The highest BCUT2D eigenvalue weighted by molar-refractivity contribution is 5.46. The van der Waals surface area contributed by atoms with Crippen molar-refractivity contribution < 1.29 is 5.11 Å². The first-order valence-corrected chi connectivity index (χ1v) is 5.78. The maximum absolute atomic E-state index is 9.86. The van der Waals surface area contributed by atoms with Crippen LogP contribution in [0, 0.1) is 0 Å². The molecule has 0 atom stereocenters. The number of hydrogen-bond acceptors (Lipinski definition) is 3. The van der Waals surface area contributed by atoms with Crippen molar-refractivity contribution in [3.8, 4) is 11.4 Å². The van der Waals surface area contributed by atoms with E-state index in [4.69, 9.17) is 0 Å². The normalized spacial score (nSPS) is 15.8. The highest BCUT2D eigenvalue weighted by Crippen LogP contribution is 2.25. The van der Waals surface area contributed by atoms with Crippen molar-refractivity contribution in [2.24, 2.45) is 0 Å². The first-order valence-electron chi connectivity index (χ1n) is 5.78. The van der Waals surface area contributed by atoms with Crippen LogP contribution in [0.3, 0.4) is 0 Å². The minimum absolute atomic E-state index is 0.275. The van der Waals surface area contributed by atoms with Crippen LogP contribution in [0.15, 0.2) is 30.5 Å². The molecule has 1 aromatic carbocycles. The molecule has 2 heterocycles. The van der Waals surface area contributed by atoms with Crippen molar-refractivity contribution in [2.45, 2.75) is 13.0 Å². The van der Waals surface area contributed by atoms with Gasteiger partial charge in [0, 0.05) is 25.1 Å². The van der Waals surface area contributed by atoms with Crippen molar-refractivity contribution in [1.29, 1.82) is 0 Å². The van der Waals surface area contributed by atoms with Crippen molar-refractivity contribution in [2.75, 3.05) is 13.6 Å². The predicted octanol–water partition coefficient (Wildman–Crippen LogP) is 1.57. The van der Waals surface area contributed by atoms with Crippen molar-refractivity contribution in [3.05, 3.63) is 41.7 Å². The summed E-state index contributed by atoms with van der Waals surface area (Å²) >= 11 is 0. The third kappa shape index (κ3) is 1.70. The molecule has 1 N–H and O–H groups in total. The summed E-state index contributed by atoms with van der Waals surface area (Å²) in [4.78, 5) is 2.28. The SMILES string of the molecule is CN1CCc2c(cnn2-c2ccccc2O)C1. The average Bonchev–Trinajstić information content (AvgIpc) is 2.72. The highest BCUT2D eigenvalue weighted by Gasteiger charge is 2.19. The molecule has 0 aliphatic carbocycles. The summed E-state index contributed by atoms with van der Waals surface area (Å²) in [6.07, 6.45) is 2.87. The zero-order valence-corrected chi connectivity index (χ0v) is 9.80. The quantitative estimate of drug-likeness (QED) is 0.807. The van der Waals surface area contributed by atoms with Gasteiger partial charge in [0.15, 0.2) is 0 Å². The molecule has 1 aliphatic heterocycles. The largest absolute Gasteiger partial charge is 0.506 e. The Labute approximate surface area is 100 Å². The molecule has 1 aromatic heterocycles. The number of phenolic OH excluding ortho intramolecular Hbond substituents is 1. The van der Waals surface area contributed by atoms with Gasteiger partial charge < -0.3 is 10.0 Å². The van der Waals surface area contributed by atoms with E-state index in [0.717, 1.165) is 25.2 Å². The van der Waals surface area contributed by atoms with Gasteiger partial charge in [-0.2, -0.15) is 5.10 Å². The Balaban J connectivity index is 2.09. The van der Waals surface area contributed by atoms with Crippen LogP contribution in [-0.4, -0.2) is 33.4 Å². The maximum Gasteiger partial charge on any atom is 0.141 e. The second-order valence-electron chi connectivity index (χ2n) is 4.50. The Kier molecular flexibility index (Phi) is 2.37. The smallest absolute Gasteiger partial charge is 0.141 e. The lowest BCUT2D eigenvalue weighted by Gasteiger charge is -2.23. The lowest BCUT2D eigenvalue weighted by atomic mass is 10.1. The summed E-state index contributed by atoms with van der Waals surface area (Å²) in [5.41, 5.74) is 3.23. The number of fused-ring (bicyclic) bond motifs is 1. The topological polar surface area (TPSA) is 41.3 Å². The number of aromatic hydroxyl groups is 1. The van der Waals surface area contributed by atoms with Gasteiger partial charge in [-0.15, -0.1) is 0 Å². The van der Waals surface area contributed by atoms with Gasteiger partial charge in [0.1, 0.15) is 11.4 Å². The highest BCUT2D eigenvalue weighted by atomic mass is 16.3. The lowest BCUT2D eigenvalue weighted by Crippen LogP contribution is -2.27. The fourth-order valence-corrected chi connectivity index (χ4v) is 2.32. The summed E-state index contributed by atoms with van der Waals surface area (Å²) in [6.45, 7) is 1.97. The number of benzene rings is 1. The van der Waals surface area contributed by atoms with E-state index in [1.54, 1.807) is 6.07 Å². The molecule has 0 saturated heterocycles. The molecule has 2 aromatic rings. The molecule has 0 spiro atoms. The van der Waals surface area contributed by atoms with Gasteiger partial charge in [0.2, 0.25) is 0 Å². The van der Waals surface area contributed by atoms with Crippen LogP contribution < -0.4 is 0 Å². The second kappa shape index (κ2) is 3.89. The zero-order valence-electron chi connectivity index (χ0n) is 9.80. The summed E-state index contributed by atoms with van der Waals surface area (Å²) < 4.78 is 1.86. The molecule has 4 nitrogen and oxygen atoms in total. The van der Waals surface area contributed by atoms with Crippen LogP contribution >= 0.6 is 0 Å². The number of aromatic nitrogens is 2. The van der Waals surface area contributed by atoms with Crippen LogP contribution in [0.1, 0.15) is 11.3 Å². The van der Waals surface area contributed by atoms with Crippen LogP contribution in [0.2, 0.25) is 0 Å². The first-order chi connectivity index (χ1) is 8.25. The van der Waals surface area contributed by atoms with Crippen molar-refractivity contribution in [3.63, 3.8) is 0 Å². The minimum atomic E-state index is 0.275. The standard InChI is InChI=1S/C13H15N3O/c1-15-7-6-11-10(9-15)8-14-16(11)12-4-2-3-5-13(12)17/h2-5,8,17H,6-7,9H2,1H3. The first kappa shape index (κ1) is 10.4. The van der Waals surface area contributed by atoms with E-state index >= 15 is 0 Å². The second-order valence-corrected chi connectivity index (χ2v) is 4.50. The zero-order chi connectivity index (χ0) is 11.8. The molecule has 0 bridgehead atoms. The van der Waals surface area contributed by atoms with E-state index < -0.39 is 0 Å². The molecule has 0 radical (unpaired) electrons. The number of likely N-dealkylation sites (N-methyl/N-ethyl adjacent to an activating group) is 1. The van der Waals surface area contributed by atoms with Crippen LogP contribution in [0.4, 0.5) is 0 Å². The number of para-hydroxylation sites is 2. The maximum atomic E-state index is 9.86. The fourth-order valence-electron chi connectivity index (χ4n) is 2.32. The molecular formula is C13H15N3O. The van der Waals surface area contributed by atoms with Gasteiger partial charge in [-0.25, -0.2) is 4.68 Å². The van der Waals surface area contributed by atoms with E-state index in [1.807, 2.05) is 29.1 Å². The Morgan fingerprint density at radius 3 is 2.94 bits per heavy atom. The molecule has 4 heteroatoms. The van der Waals surface area contributed by atoms with Gasteiger partial charge in [0.05, 0.1) is 11.9 Å². The molecule has 0 saturated carbocycles. The molecule has 88 valence electrons. The van der Waals surface area contributed by atoms with Crippen LogP contribution in [-0.2, 0) is 13.0 Å². The van der Waals surface area contributed by atoms with Gasteiger partial charge >= 0.3 is 0 Å². The van der Waals surface area contributed by atoms with Gasteiger partial charge in [-0.3, -0.25) is 0 Å².